The molecule has 2 unspecified atom stereocenters. The van der Waals surface area contributed by atoms with E-state index in [-0.39, 0.29) is 41.1 Å². The first-order valence-electron chi connectivity index (χ1n) is 22.8. The molecule has 0 radical (unpaired) electrons. The number of piperidine rings is 1. The summed E-state index contributed by atoms with van der Waals surface area (Å²) in [7, 11) is 3.54. The first-order chi connectivity index (χ1) is 29.7. The molecule has 9 heteroatoms. The summed E-state index contributed by atoms with van der Waals surface area (Å²) in [6, 6.07) is 22.6. The lowest BCUT2D eigenvalue weighted by molar-refractivity contribution is -0.124. The highest BCUT2D eigenvalue weighted by molar-refractivity contribution is 6.07. The van der Waals surface area contributed by atoms with E-state index in [0.29, 0.717) is 29.9 Å². The highest BCUT2D eigenvalue weighted by atomic mass is 16.5. The van der Waals surface area contributed by atoms with Crippen molar-refractivity contribution in [3.05, 3.63) is 124 Å². The fourth-order valence-corrected chi connectivity index (χ4v) is 10.3. The number of aryl methyl sites for hydroxylation is 3. The number of aliphatic hydroxyl groups is 1. The predicted molar refractivity (Wildman–Crippen MR) is 246 cm³/mol. The third kappa shape index (κ3) is 13.5. The Morgan fingerprint density at radius 3 is 2.36 bits per heavy atom. The Hall–Kier alpha value is -4.54. The highest BCUT2D eigenvalue weighted by Crippen LogP contribution is 2.49. The Morgan fingerprint density at radius 1 is 0.951 bits per heavy atom. The number of rotatable bonds is 23. The number of hydrogen-bond acceptors (Lipinski definition) is 9. The SMILES string of the molecule is CNCC(CC1(CCCC(=O)CC(=O)C=C(CO)c2cc(OC)c(O)cc2CC2=CNC(N)C=C2CCc2cccc(CCc3ccccc3)c2)CCCC1)C1CCNCC1. The number of ether oxygens (including phenoxy) is 1. The van der Waals surface area contributed by atoms with Gasteiger partial charge in [0, 0.05) is 12.6 Å². The van der Waals surface area contributed by atoms with Crippen molar-refractivity contribution in [3.63, 3.8) is 0 Å². The topological polar surface area (TPSA) is 146 Å². The Bertz CT molecular complexity index is 1990. The molecular weight excluding hydrogens is 761 g/mol. The third-order valence-electron chi connectivity index (χ3n) is 13.5. The van der Waals surface area contributed by atoms with Gasteiger partial charge in [-0.2, -0.15) is 0 Å². The van der Waals surface area contributed by atoms with Crippen LogP contribution in [0.15, 0.2) is 96.2 Å². The van der Waals surface area contributed by atoms with Gasteiger partial charge in [-0.25, -0.2) is 0 Å². The average Bonchev–Trinajstić information content (AvgIpc) is 3.74. The van der Waals surface area contributed by atoms with E-state index < -0.39 is 6.61 Å². The number of allylic oxidation sites excluding steroid dienone is 3. The zero-order valence-electron chi connectivity index (χ0n) is 36.7. The number of carbonyl (C=O) groups excluding carboxylic acids is 2. The number of phenolic OH excluding ortho intramolecular Hbond substituents is 1. The van der Waals surface area contributed by atoms with E-state index >= 15 is 0 Å². The van der Waals surface area contributed by atoms with Crippen molar-refractivity contribution < 1.29 is 24.5 Å². The maximum atomic E-state index is 13.5. The van der Waals surface area contributed by atoms with Crippen molar-refractivity contribution in [2.75, 3.05) is 40.4 Å². The quantitative estimate of drug-likeness (QED) is 0.0415. The largest absolute Gasteiger partial charge is 0.504 e. The lowest BCUT2D eigenvalue weighted by atomic mass is 9.69. The number of methoxy groups -OCH3 is 1. The minimum atomic E-state index is -0.417. The fourth-order valence-electron chi connectivity index (χ4n) is 10.3. The predicted octanol–water partition coefficient (Wildman–Crippen LogP) is 7.92. The first-order valence-corrected chi connectivity index (χ1v) is 22.8. The molecule has 0 aromatic heterocycles. The van der Waals surface area contributed by atoms with Gasteiger partial charge in [-0.15, -0.1) is 0 Å². The van der Waals surface area contributed by atoms with E-state index in [2.05, 4.69) is 71.5 Å². The molecule has 1 saturated heterocycles. The van der Waals surface area contributed by atoms with E-state index in [0.717, 1.165) is 80.8 Å². The molecule has 0 bridgehead atoms. The number of nitrogens with one attached hydrogen (secondary N) is 3. The molecule has 7 N–H and O–H groups in total. The van der Waals surface area contributed by atoms with Gasteiger partial charge in [-0.05, 0) is 190 Å². The summed E-state index contributed by atoms with van der Waals surface area (Å²) in [4.78, 5) is 26.8. The number of benzene rings is 3. The monoisotopic (exact) mass is 831 g/mol. The molecule has 2 fully saturated rings. The van der Waals surface area contributed by atoms with Crippen LogP contribution in [-0.2, 0) is 35.3 Å². The van der Waals surface area contributed by atoms with Crippen LogP contribution in [0.5, 0.6) is 11.5 Å². The Morgan fingerprint density at radius 2 is 1.66 bits per heavy atom. The van der Waals surface area contributed by atoms with Crippen molar-refractivity contribution in [3.8, 4) is 11.5 Å². The number of carbonyl (C=O) groups is 2. The Labute approximate surface area is 364 Å². The van der Waals surface area contributed by atoms with Gasteiger partial charge in [0.05, 0.1) is 26.3 Å². The molecule has 3 aromatic carbocycles. The Balaban J connectivity index is 1.09. The number of aromatic hydroxyl groups is 1. The van der Waals surface area contributed by atoms with Crippen LogP contribution in [0.4, 0.5) is 0 Å². The summed E-state index contributed by atoms with van der Waals surface area (Å²) in [5.41, 5.74) is 14.3. The minimum absolute atomic E-state index is 0.0352. The summed E-state index contributed by atoms with van der Waals surface area (Å²) < 4.78 is 5.48. The smallest absolute Gasteiger partial charge is 0.163 e. The van der Waals surface area contributed by atoms with Crippen LogP contribution in [0.1, 0.15) is 105 Å². The number of dihydropyridines is 1. The van der Waals surface area contributed by atoms with Crippen molar-refractivity contribution in [2.24, 2.45) is 23.0 Å². The van der Waals surface area contributed by atoms with Crippen molar-refractivity contribution in [1.29, 1.82) is 0 Å². The van der Waals surface area contributed by atoms with E-state index in [1.807, 2.05) is 18.3 Å². The fraction of sp³-hybridized carbons (Fsp3) is 0.500. The van der Waals surface area contributed by atoms with Gasteiger partial charge in [-0.3, -0.25) is 9.59 Å². The molecule has 61 heavy (non-hydrogen) atoms. The molecule has 3 aromatic rings. The van der Waals surface area contributed by atoms with Gasteiger partial charge in [0.2, 0.25) is 0 Å². The van der Waals surface area contributed by atoms with E-state index in [9.17, 15) is 19.8 Å². The normalized spacial score (nSPS) is 18.6. The molecule has 6 rings (SSSR count). The molecule has 0 spiro atoms. The van der Waals surface area contributed by atoms with Gasteiger partial charge in [0.15, 0.2) is 17.3 Å². The lowest BCUT2D eigenvalue weighted by Crippen LogP contribution is -2.37. The molecule has 9 nitrogen and oxygen atoms in total. The second-order valence-electron chi connectivity index (χ2n) is 17.9. The molecule has 1 saturated carbocycles. The maximum absolute atomic E-state index is 13.5. The van der Waals surface area contributed by atoms with Gasteiger partial charge >= 0.3 is 0 Å². The third-order valence-corrected chi connectivity index (χ3v) is 13.5. The Kier molecular flexibility index (Phi) is 17.4. The number of hydrogen-bond donors (Lipinski definition) is 6. The van der Waals surface area contributed by atoms with Gasteiger partial charge in [0.1, 0.15) is 5.78 Å². The van der Waals surface area contributed by atoms with Crippen molar-refractivity contribution >= 4 is 17.1 Å². The summed E-state index contributed by atoms with van der Waals surface area (Å²) >= 11 is 0. The van der Waals surface area contributed by atoms with Crippen LogP contribution in [0.25, 0.3) is 5.57 Å². The van der Waals surface area contributed by atoms with Crippen LogP contribution in [0.3, 0.4) is 0 Å². The minimum Gasteiger partial charge on any atom is -0.504 e. The molecule has 1 aliphatic carbocycles. The molecular formula is C52H70N4O5. The van der Waals surface area contributed by atoms with Crippen LogP contribution < -0.4 is 26.4 Å². The lowest BCUT2D eigenvalue weighted by Gasteiger charge is -2.38. The number of phenols is 1. The van der Waals surface area contributed by atoms with Gasteiger partial charge < -0.3 is 36.6 Å². The number of ketones is 2. The average molecular weight is 831 g/mol. The van der Waals surface area contributed by atoms with Crippen LogP contribution in [0, 0.1) is 17.3 Å². The molecule has 328 valence electrons. The second-order valence-corrected chi connectivity index (χ2v) is 17.9. The van der Waals surface area contributed by atoms with E-state index in [1.54, 1.807) is 12.1 Å². The maximum Gasteiger partial charge on any atom is 0.163 e. The molecule has 3 aliphatic rings. The van der Waals surface area contributed by atoms with E-state index in [1.165, 1.54) is 74.8 Å². The molecule has 2 atom stereocenters. The van der Waals surface area contributed by atoms with Crippen LogP contribution >= 0.6 is 0 Å². The number of nitrogens with two attached hydrogens (primary N) is 1. The van der Waals surface area contributed by atoms with Gasteiger partial charge in [-0.1, -0.05) is 67.4 Å². The number of aliphatic hydroxyl groups excluding tert-OH is 1. The van der Waals surface area contributed by atoms with Crippen LogP contribution in [0.2, 0.25) is 0 Å². The molecule has 0 amide bonds. The zero-order valence-corrected chi connectivity index (χ0v) is 36.7. The van der Waals surface area contributed by atoms with E-state index in [4.69, 9.17) is 10.5 Å². The molecule has 2 aliphatic heterocycles. The van der Waals surface area contributed by atoms with Crippen molar-refractivity contribution in [1.82, 2.24) is 16.0 Å². The highest BCUT2D eigenvalue weighted by Gasteiger charge is 2.38. The van der Waals surface area contributed by atoms with Gasteiger partial charge in [0.25, 0.3) is 0 Å². The van der Waals surface area contributed by atoms with Crippen molar-refractivity contribution in [2.45, 2.75) is 109 Å². The number of Topliss-reactive ketones (excluding diaryl/α,β-unsaturated/α-hetero) is 1. The standard InChI is InChI=1S/C52H70N4O5/c1-54-34-45(40-19-24-55-25-20-40)33-52(21-6-7-22-52)23-9-14-46(58)31-47(59)28-44(36-57)48-32-50(61-2)49(60)29-42(48)27-43-35-56-51(53)30-41(43)18-17-39-13-8-12-38(26-39)16-15-37-10-4-3-5-11-37/h3-5,8,10-13,26,28-30,32,35,40,45,51,54-57,60H,6-7,9,14-25,27,31,33-34,36,53H2,1-2H3. The summed E-state index contributed by atoms with van der Waals surface area (Å²) in [6.45, 7) is 2.83. The van der Waals surface area contributed by atoms with Crippen LogP contribution in [-0.4, -0.2) is 68.3 Å². The zero-order chi connectivity index (χ0) is 43.0. The summed E-state index contributed by atoms with van der Waals surface area (Å²) in [5.74, 6) is 1.19. The summed E-state index contributed by atoms with van der Waals surface area (Å²) in [6.07, 6.45) is 19.7. The first kappa shape index (κ1) is 46.0. The second kappa shape index (κ2) is 23.1. The summed E-state index contributed by atoms with van der Waals surface area (Å²) in [5, 5.41) is 31.8. The molecule has 2 heterocycles.